The summed E-state index contributed by atoms with van der Waals surface area (Å²) >= 11 is 12.3. The topological polar surface area (TPSA) is 163 Å². The maximum atomic E-state index is 13.7. The molecule has 224 valence electrons. The van der Waals surface area contributed by atoms with E-state index in [1.54, 1.807) is 36.5 Å². The number of halogens is 2. The summed E-state index contributed by atoms with van der Waals surface area (Å²) in [5.41, 5.74) is 3.18. The smallest absolute Gasteiger partial charge is 0.325 e. The number of nitrogens with one attached hydrogen (secondary N) is 1. The van der Waals surface area contributed by atoms with E-state index in [1.165, 1.54) is 38.7 Å². The molecule has 0 saturated carbocycles. The molecule has 0 spiro atoms. The Morgan fingerprint density at radius 3 is 2.70 bits per heavy atom. The van der Waals surface area contributed by atoms with Crippen LogP contribution in [-0.2, 0) is 16.1 Å². The zero-order chi connectivity index (χ0) is 31.0. The van der Waals surface area contributed by atoms with Crippen molar-refractivity contribution >= 4 is 40.8 Å². The van der Waals surface area contributed by atoms with Crippen LogP contribution >= 0.6 is 23.2 Å². The monoisotopic (exact) mass is 633 g/mol. The first kappa shape index (κ1) is 29.2. The molecule has 0 aliphatic carbocycles. The van der Waals surface area contributed by atoms with Crippen molar-refractivity contribution in [2.24, 2.45) is 5.92 Å². The zero-order valence-electron chi connectivity index (χ0n) is 23.3. The molecule has 15 heteroatoms. The molecular formula is C29H25Cl2N9O4. The van der Waals surface area contributed by atoms with Crippen LogP contribution in [0.4, 0.5) is 5.69 Å². The number of nitrogens with zero attached hydrogens (tertiary/aromatic N) is 8. The lowest BCUT2D eigenvalue weighted by Crippen LogP contribution is -2.27. The number of carboxylic acid groups (broad SMARTS) is 1. The van der Waals surface area contributed by atoms with Crippen LogP contribution in [0.5, 0.6) is 0 Å². The third-order valence-electron chi connectivity index (χ3n) is 7.46. The van der Waals surface area contributed by atoms with E-state index in [0.29, 0.717) is 63.9 Å². The standard InChI is InChI=1S/C29H25Cl2N9O4/c1-16-3-2-4-24(21-9-17(7-8-32-21)28-22(35-29(16)44)12-34-40(28)14-27(42)43)38-15-33-20(11-26(38)41)19-10-18(30)5-6-23(19)39-13-25(31)36-37-39/h5-13,15-16,24H,2-4,14H2,1H3,(H,35,44)(H,42,43)/t16-,24+/m1/s1. The van der Waals surface area contributed by atoms with Crippen molar-refractivity contribution in [3.63, 3.8) is 0 Å². The summed E-state index contributed by atoms with van der Waals surface area (Å²) in [6.45, 7) is 1.42. The number of hydrogen-bond donors (Lipinski definition) is 2. The Labute approximate surface area is 260 Å². The summed E-state index contributed by atoms with van der Waals surface area (Å²) in [4.78, 5) is 47.5. The van der Waals surface area contributed by atoms with Crippen molar-refractivity contribution in [1.29, 1.82) is 0 Å². The second kappa shape index (κ2) is 12.0. The third kappa shape index (κ3) is 5.83. The minimum absolute atomic E-state index is 0.205. The quantitative estimate of drug-likeness (QED) is 0.284. The number of carbonyl (C=O) groups excluding carboxylic acids is 1. The maximum absolute atomic E-state index is 13.7. The summed E-state index contributed by atoms with van der Waals surface area (Å²) in [6, 6.07) is 9.50. The van der Waals surface area contributed by atoms with E-state index in [-0.39, 0.29) is 22.5 Å². The van der Waals surface area contributed by atoms with Crippen molar-refractivity contribution in [2.75, 3.05) is 5.32 Å². The van der Waals surface area contributed by atoms with Gasteiger partial charge in [-0.05, 0) is 43.2 Å². The molecule has 6 rings (SSSR count). The van der Waals surface area contributed by atoms with Crippen LogP contribution in [-0.4, -0.2) is 56.3 Å². The summed E-state index contributed by atoms with van der Waals surface area (Å²) in [6.07, 6.45) is 7.70. The van der Waals surface area contributed by atoms with Gasteiger partial charge in [-0.1, -0.05) is 41.8 Å². The first-order valence-corrected chi connectivity index (χ1v) is 14.4. The van der Waals surface area contributed by atoms with Gasteiger partial charge in [-0.3, -0.25) is 28.6 Å². The van der Waals surface area contributed by atoms with Gasteiger partial charge in [0.15, 0.2) is 5.15 Å². The lowest BCUT2D eigenvalue weighted by Gasteiger charge is -2.22. The normalized spacial score (nSPS) is 16.8. The van der Waals surface area contributed by atoms with Crippen LogP contribution in [0.3, 0.4) is 0 Å². The highest BCUT2D eigenvalue weighted by Gasteiger charge is 2.25. The zero-order valence-corrected chi connectivity index (χ0v) is 24.8. The summed E-state index contributed by atoms with van der Waals surface area (Å²) in [7, 11) is 0. The molecular weight excluding hydrogens is 609 g/mol. The molecule has 0 saturated heterocycles. The Morgan fingerprint density at radius 1 is 1.11 bits per heavy atom. The van der Waals surface area contributed by atoms with Crippen LogP contribution in [0.25, 0.3) is 28.2 Å². The number of fused-ring (bicyclic) bond motifs is 4. The molecule has 0 unspecified atom stereocenters. The third-order valence-corrected chi connectivity index (χ3v) is 7.87. The molecule has 13 nitrogen and oxygen atoms in total. The highest BCUT2D eigenvalue weighted by atomic mass is 35.5. The van der Waals surface area contributed by atoms with Gasteiger partial charge in [0, 0.05) is 34.3 Å². The molecule has 5 heterocycles. The van der Waals surface area contributed by atoms with Crippen molar-refractivity contribution in [2.45, 2.75) is 38.8 Å². The number of aliphatic carboxylic acids is 1. The van der Waals surface area contributed by atoms with Crippen LogP contribution in [0.2, 0.25) is 10.2 Å². The number of pyridine rings is 1. The Kier molecular flexibility index (Phi) is 7.97. The molecule has 2 N–H and O–H groups in total. The Morgan fingerprint density at radius 2 is 1.95 bits per heavy atom. The largest absolute Gasteiger partial charge is 0.480 e. The number of anilines is 1. The molecule has 2 atom stereocenters. The second-order valence-corrected chi connectivity index (χ2v) is 11.3. The van der Waals surface area contributed by atoms with Crippen LogP contribution in [0.1, 0.15) is 37.9 Å². The van der Waals surface area contributed by atoms with Crippen LogP contribution in [0.15, 0.2) is 66.1 Å². The van der Waals surface area contributed by atoms with Crippen LogP contribution < -0.4 is 10.9 Å². The molecule has 44 heavy (non-hydrogen) atoms. The minimum atomic E-state index is -1.08. The van der Waals surface area contributed by atoms with E-state index in [1.807, 2.05) is 6.92 Å². The van der Waals surface area contributed by atoms with E-state index in [2.05, 4.69) is 30.7 Å². The van der Waals surface area contributed by atoms with Crippen molar-refractivity contribution < 1.29 is 14.7 Å². The number of rotatable bonds is 5. The molecule has 0 fully saturated rings. The maximum Gasteiger partial charge on any atom is 0.325 e. The number of benzene rings is 1. The lowest BCUT2D eigenvalue weighted by atomic mass is 9.97. The highest BCUT2D eigenvalue weighted by Crippen LogP contribution is 2.33. The van der Waals surface area contributed by atoms with Gasteiger partial charge in [0.2, 0.25) is 5.91 Å². The Hall–Kier alpha value is -4.88. The molecule has 2 bridgehead atoms. The van der Waals surface area contributed by atoms with Crippen LogP contribution in [0, 0.1) is 5.92 Å². The molecule has 1 amide bonds. The molecule has 1 aliphatic heterocycles. The number of carbonyl (C=O) groups is 2. The van der Waals surface area contributed by atoms with Gasteiger partial charge in [0.25, 0.3) is 5.56 Å². The number of aromatic nitrogens is 8. The second-order valence-electron chi connectivity index (χ2n) is 10.4. The fourth-order valence-electron chi connectivity index (χ4n) is 5.31. The number of amides is 1. The van der Waals surface area contributed by atoms with Gasteiger partial charge in [-0.15, -0.1) is 5.10 Å². The van der Waals surface area contributed by atoms with Crippen molar-refractivity contribution in [1.82, 2.24) is 39.3 Å². The van der Waals surface area contributed by atoms with E-state index in [0.717, 1.165) is 0 Å². The fourth-order valence-corrected chi connectivity index (χ4v) is 5.61. The average Bonchev–Trinajstić information content (AvgIpc) is 3.60. The molecule has 1 aliphatic rings. The van der Waals surface area contributed by atoms with Gasteiger partial charge in [-0.25, -0.2) is 9.67 Å². The first-order valence-electron chi connectivity index (χ1n) is 13.7. The predicted molar refractivity (Wildman–Crippen MR) is 162 cm³/mol. The first-order chi connectivity index (χ1) is 21.2. The molecule has 0 radical (unpaired) electrons. The van der Waals surface area contributed by atoms with E-state index in [4.69, 9.17) is 23.2 Å². The van der Waals surface area contributed by atoms with E-state index < -0.39 is 18.6 Å². The SMILES string of the molecule is C[C@@H]1CCC[C@H](n2cnc(-c3cc(Cl)ccc3-n3cc(Cl)nn3)cc2=O)c2cc(ccn2)-c2c(cnn2CC(=O)O)NC1=O. The summed E-state index contributed by atoms with van der Waals surface area (Å²) in [5.74, 6) is -1.64. The van der Waals surface area contributed by atoms with E-state index in [9.17, 15) is 19.5 Å². The van der Waals surface area contributed by atoms with Gasteiger partial charge in [0.05, 0.1) is 53.2 Å². The lowest BCUT2D eigenvalue weighted by molar-refractivity contribution is -0.137. The molecule has 4 aromatic heterocycles. The highest BCUT2D eigenvalue weighted by molar-refractivity contribution is 6.31. The summed E-state index contributed by atoms with van der Waals surface area (Å²) < 4.78 is 4.30. The summed E-state index contributed by atoms with van der Waals surface area (Å²) in [5, 5.41) is 25.1. The van der Waals surface area contributed by atoms with E-state index >= 15 is 0 Å². The number of hydrogen-bond acceptors (Lipinski definition) is 8. The van der Waals surface area contributed by atoms with Crippen molar-refractivity contribution in [3.05, 3.63) is 87.5 Å². The number of carboxylic acids is 1. The van der Waals surface area contributed by atoms with Gasteiger partial charge in [-0.2, -0.15) is 5.10 Å². The van der Waals surface area contributed by atoms with Gasteiger partial charge in [0.1, 0.15) is 6.54 Å². The minimum Gasteiger partial charge on any atom is -0.480 e. The molecule has 5 aromatic rings. The Bertz CT molecular complexity index is 1950. The average molecular weight is 634 g/mol. The van der Waals surface area contributed by atoms with Gasteiger partial charge >= 0.3 is 5.97 Å². The predicted octanol–water partition coefficient (Wildman–Crippen LogP) is 4.49. The fraction of sp³-hybridized carbons (Fsp3) is 0.241. The van der Waals surface area contributed by atoms with Crippen molar-refractivity contribution in [3.8, 4) is 28.2 Å². The molecule has 1 aromatic carbocycles. The van der Waals surface area contributed by atoms with Gasteiger partial charge < -0.3 is 10.4 Å². The Balaban J connectivity index is 1.44.